The maximum absolute atomic E-state index is 12.7. The summed E-state index contributed by atoms with van der Waals surface area (Å²) in [5.74, 6) is -0.677. The summed E-state index contributed by atoms with van der Waals surface area (Å²) in [7, 11) is 0. The fraction of sp³-hybridized carbons (Fsp3) is 0.263. The van der Waals surface area contributed by atoms with E-state index in [4.69, 9.17) is 0 Å². The predicted molar refractivity (Wildman–Crippen MR) is 90.7 cm³/mol. The number of benzene rings is 2. The molecule has 7 heteroatoms. The van der Waals surface area contributed by atoms with Gasteiger partial charge in [-0.15, -0.1) is 0 Å². The van der Waals surface area contributed by atoms with E-state index in [1.54, 1.807) is 24.3 Å². The molecule has 3 rings (SSSR count). The van der Waals surface area contributed by atoms with Crippen LogP contribution >= 0.6 is 0 Å². The van der Waals surface area contributed by atoms with Crippen LogP contribution in [-0.2, 0) is 17.4 Å². The van der Waals surface area contributed by atoms with E-state index in [0.717, 1.165) is 30.5 Å². The number of hydrogen-bond acceptors (Lipinski definition) is 2. The molecule has 0 heterocycles. The van der Waals surface area contributed by atoms with Gasteiger partial charge in [0, 0.05) is 17.3 Å². The minimum Gasteiger partial charge on any atom is -0.353 e. The maximum Gasteiger partial charge on any atom is 0.416 e. The molecule has 1 fully saturated rings. The van der Waals surface area contributed by atoms with Crippen molar-refractivity contribution in [2.75, 3.05) is 5.32 Å². The van der Waals surface area contributed by atoms with E-state index in [1.807, 2.05) is 0 Å². The van der Waals surface area contributed by atoms with Crippen LogP contribution in [0.15, 0.2) is 48.5 Å². The first-order chi connectivity index (χ1) is 12.3. The molecule has 0 aromatic heterocycles. The fourth-order valence-electron chi connectivity index (χ4n) is 2.44. The highest BCUT2D eigenvalue weighted by atomic mass is 19.4. The molecule has 0 unspecified atom stereocenters. The number of carbonyl (C=O) groups is 2. The van der Waals surface area contributed by atoms with Crippen molar-refractivity contribution in [2.45, 2.75) is 31.5 Å². The second kappa shape index (κ2) is 7.19. The first-order valence-electron chi connectivity index (χ1n) is 8.18. The molecule has 26 heavy (non-hydrogen) atoms. The molecule has 0 aliphatic heterocycles. The Hall–Kier alpha value is -2.83. The number of amides is 2. The Balaban J connectivity index is 1.61. The number of alkyl halides is 3. The zero-order valence-corrected chi connectivity index (χ0v) is 13.8. The first kappa shape index (κ1) is 18.0. The summed E-state index contributed by atoms with van der Waals surface area (Å²) in [6.07, 6.45) is -2.21. The van der Waals surface area contributed by atoms with Gasteiger partial charge in [-0.2, -0.15) is 13.2 Å². The summed E-state index contributed by atoms with van der Waals surface area (Å²) in [4.78, 5) is 23.9. The van der Waals surface area contributed by atoms with Crippen LogP contribution < -0.4 is 10.6 Å². The van der Waals surface area contributed by atoms with Crippen molar-refractivity contribution in [3.05, 3.63) is 65.2 Å². The summed E-state index contributed by atoms with van der Waals surface area (Å²) in [6, 6.07) is 11.2. The lowest BCUT2D eigenvalue weighted by Crippen LogP contribution is -2.26. The van der Waals surface area contributed by atoms with Crippen LogP contribution in [-0.4, -0.2) is 17.9 Å². The number of rotatable bonds is 5. The Morgan fingerprint density at radius 1 is 1.04 bits per heavy atom. The van der Waals surface area contributed by atoms with Gasteiger partial charge in [-0.25, -0.2) is 0 Å². The Bertz CT molecular complexity index is 812. The van der Waals surface area contributed by atoms with Gasteiger partial charge in [0.15, 0.2) is 0 Å². The predicted octanol–water partition coefficient (Wildman–Crippen LogP) is 3.78. The number of carbonyl (C=O) groups excluding carboxylic acids is 2. The molecule has 136 valence electrons. The molecule has 0 radical (unpaired) electrons. The molecular weight excluding hydrogens is 345 g/mol. The molecule has 2 aromatic carbocycles. The SMILES string of the molecule is O=C(Cc1ccc(NC(=O)c2cccc(C(F)(F)F)c2)cc1)NC1CC1. The number of anilines is 1. The van der Waals surface area contributed by atoms with E-state index >= 15 is 0 Å². The lowest BCUT2D eigenvalue weighted by Gasteiger charge is -2.10. The highest BCUT2D eigenvalue weighted by Crippen LogP contribution is 2.29. The number of halogens is 3. The van der Waals surface area contributed by atoms with Gasteiger partial charge >= 0.3 is 6.18 Å². The molecule has 1 aliphatic rings. The summed E-state index contributed by atoms with van der Waals surface area (Å²) >= 11 is 0. The van der Waals surface area contributed by atoms with E-state index in [1.165, 1.54) is 12.1 Å². The molecule has 0 saturated heterocycles. The smallest absolute Gasteiger partial charge is 0.353 e. The van der Waals surface area contributed by atoms with Gasteiger partial charge in [-0.05, 0) is 48.7 Å². The lowest BCUT2D eigenvalue weighted by molar-refractivity contribution is -0.137. The topological polar surface area (TPSA) is 58.2 Å². The van der Waals surface area contributed by atoms with Crippen LogP contribution in [0, 0.1) is 0 Å². The zero-order valence-electron chi connectivity index (χ0n) is 13.8. The Kier molecular flexibility index (Phi) is 4.97. The van der Waals surface area contributed by atoms with Crippen molar-refractivity contribution in [1.29, 1.82) is 0 Å². The van der Waals surface area contributed by atoms with Crippen molar-refractivity contribution in [3.63, 3.8) is 0 Å². The molecule has 1 aliphatic carbocycles. The van der Waals surface area contributed by atoms with Gasteiger partial charge < -0.3 is 10.6 Å². The highest BCUT2D eigenvalue weighted by molar-refractivity contribution is 6.04. The van der Waals surface area contributed by atoms with Gasteiger partial charge in [-0.3, -0.25) is 9.59 Å². The minimum atomic E-state index is -4.50. The molecule has 4 nitrogen and oxygen atoms in total. The van der Waals surface area contributed by atoms with E-state index in [2.05, 4.69) is 10.6 Å². The van der Waals surface area contributed by atoms with Crippen molar-refractivity contribution in [1.82, 2.24) is 5.32 Å². The molecule has 0 bridgehead atoms. The van der Waals surface area contributed by atoms with Crippen LogP contribution in [0.1, 0.15) is 34.3 Å². The van der Waals surface area contributed by atoms with Gasteiger partial charge in [-0.1, -0.05) is 18.2 Å². The summed E-state index contributed by atoms with van der Waals surface area (Å²) < 4.78 is 38.2. The van der Waals surface area contributed by atoms with Crippen LogP contribution in [0.25, 0.3) is 0 Å². The summed E-state index contributed by atoms with van der Waals surface area (Å²) in [5.41, 5.74) is 0.286. The average Bonchev–Trinajstić information content (AvgIpc) is 3.40. The third-order valence-corrected chi connectivity index (χ3v) is 3.97. The van der Waals surface area contributed by atoms with Crippen LogP contribution in [0.2, 0.25) is 0 Å². The maximum atomic E-state index is 12.7. The molecule has 2 aromatic rings. The third kappa shape index (κ3) is 4.84. The van der Waals surface area contributed by atoms with E-state index < -0.39 is 17.6 Å². The summed E-state index contributed by atoms with van der Waals surface area (Å²) in [6.45, 7) is 0. The van der Waals surface area contributed by atoms with E-state index in [9.17, 15) is 22.8 Å². The van der Waals surface area contributed by atoms with Gasteiger partial charge in [0.1, 0.15) is 0 Å². The molecule has 2 N–H and O–H groups in total. The monoisotopic (exact) mass is 362 g/mol. The standard InChI is InChI=1S/C19H17F3N2O2/c20-19(21,22)14-3-1-2-13(11-14)18(26)24-16-6-4-12(5-7-16)10-17(25)23-15-8-9-15/h1-7,11,15H,8-10H2,(H,23,25)(H,24,26). The fourth-order valence-corrected chi connectivity index (χ4v) is 2.44. The van der Waals surface area contributed by atoms with E-state index in [-0.39, 0.29) is 17.9 Å². The van der Waals surface area contributed by atoms with Crippen molar-refractivity contribution in [2.24, 2.45) is 0 Å². The second-order valence-electron chi connectivity index (χ2n) is 6.25. The molecule has 0 spiro atoms. The average molecular weight is 362 g/mol. The van der Waals surface area contributed by atoms with Crippen molar-refractivity contribution >= 4 is 17.5 Å². The van der Waals surface area contributed by atoms with Crippen LogP contribution in [0.3, 0.4) is 0 Å². The largest absolute Gasteiger partial charge is 0.416 e. The van der Waals surface area contributed by atoms with Crippen LogP contribution in [0.5, 0.6) is 0 Å². The highest BCUT2D eigenvalue weighted by Gasteiger charge is 2.30. The van der Waals surface area contributed by atoms with Crippen molar-refractivity contribution in [3.8, 4) is 0 Å². The summed E-state index contributed by atoms with van der Waals surface area (Å²) in [5, 5.41) is 5.44. The first-order valence-corrected chi connectivity index (χ1v) is 8.18. The lowest BCUT2D eigenvalue weighted by atomic mass is 10.1. The Morgan fingerprint density at radius 2 is 1.73 bits per heavy atom. The molecule has 0 atom stereocenters. The molecule has 2 amide bonds. The quantitative estimate of drug-likeness (QED) is 0.851. The molecular formula is C19H17F3N2O2. The van der Waals surface area contributed by atoms with Gasteiger partial charge in [0.05, 0.1) is 12.0 Å². The number of hydrogen-bond donors (Lipinski definition) is 2. The van der Waals surface area contributed by atoms with E-state index in [0.29, 0.717) is 11.7 Å². The Morgan fingerprint density at radius 3 is 2.35 bits per heavy atom. The van der Waals surface area contributed by atoms with Crippen molar-refractivity contribution < 1.29 is 22.8 Å². The zero-order chi connectivity index (χ0) is 18.7. The second-order valence-corrected chi connectivity index (χ2v) is 6.25. The van der Waals surface area contributed by atoms with Gasteiger partial charge in [0.25, 0.3) is 5.91 Å². The molecule has 1 saturated carbocycles. The van der Waals surface area contributed by atoms with Gasteiger partial charge in [0.2, 0.25) is 5.91 Å². The number of nitrogens with one attached hydrogen (secondary N) is 2. The van der Waals surface area contributed by atoms with Crippen LogP contribution in [0.4, 0.5) is 18.9 Å². The minimum absolute atomic E-state index is 0.0479. The Labute approximate surface area is 148 Å². The third-order valence-electron chi connectivity index (χ3n) is 3.97. The normalized spacial score (nSPS) is 14.0.